The van der Waals surface area contributed by atoms with Crippen LogP contribution in [-0.2, 0) is 0 Å². The number of aryl methyl sites for hydroxylation is 2. The molecule has 0 atom stereocenters. The molecule has 0 aliphatic heterocycles. The Hall–Kier alpha value is -2.45. The van der Waals surface area contributed by atoms with Crippen LogP contribution < -0.4 is 10.6 Å². The van der Waals surface area contributed by atoms with Crippen molar-refractivity contribution in [2.75, 3.05) is 16.9 Å². The number of aromatic nitrogens is 3. The molecule has 0 bridgehead atoms. The molecule has 0 saturated carbocycles. The number of benzene rings is 1. The highest BCUT2D eigenvalue weighted by atomic mass is 32.2. The summed E-state index contributed by atoms with van der Waals surface area (Å²) in [7, 11) is 0. The van der Waals surface area contributed by atoms with E-state index in [0.717, 1.165) is 22.0 Å². The average molecular weight is 371 g/mol. The molecule has 1 amide bonds. The monoisotopic (exact) mass is 371 g/mol. The molecular weight excluding hydrogens is 354 g/mol. The Kier molecular flexibility index (Phi) is 5.30. The van der Waals surface area contributed by atoms with Crippen molar-refractivity contribution < 1.29 is 4.79 Å². The van der Waals surface area contributed by atoms with Crippen LogP contribution in [0, 0.1) is 13.8 Å². The molecular formula is C17H17N5OS2. The van der Waals surface area contributed by atoms with Crippen LogP contribution >= 0.6 is 23.1 Å². The number of hydrogen-bond acceptors (Lipinski definition) is 7. The lowest BCUT2D eigenvalue weighted by molar-refractivity contribution is 0.102. The first-order chi connectivity index (χ1) is 12.0. The summed E-state index contributed by atoms with van der Waals surface area (Å²) in [6.45, 7) is 3.81. The van der Waals surface area contributed by atoms with Gasteiger partial charge in [0.05, 0.1) is 5.69 Å². The van der Waals surface area contributed by atoms with Crippen molar-refractivity contribution in [1.29, 1.82) is 0 Å². The van der Waals surface area contributed by atoms with Gasteiger partial charge in [-0.3, -0.25) is 4.79 Å². The molecule has 128 valence electrons. The summed E-state index contributed by atoms with van der Waals surface area (Å²) < 4.78 is 0. The van der Waals surface area contributed by atoms with Gasteiger partial charge in [0.15, 0.2) is 5.13 Å². The molecule has 1 aromatic carbocycles. The van der Waals surface area contributed by atoms with Gasteiger partial charge in [0, 0.05) is 21.7 Å². The Morgan fingerprint density at radius 3 is 2.56 bits per heavy atom. The number of carbonyl (C=O) groups excluding carboxylic acids is 1. The van der Waals surface area contributed by atoms with Crippen LogP contribution in [0.15, 0.2) is 40.6 Å². The number of anilines is 3. The lowest BCUT2D eigenvalue weighted by atomic mass is 10.3. The Bertz CT molecular complexity index is 889. The van der Waals surface area contributed by atoms with Crippen molar-refractivity contribution in [2.45, 2.75) is 18.7 Å². The van der Waals surface area contributed by atoms with Gasteiger partial charge in [-0.1, -0.05) is 12.1 Å². The van der Waals surface area contributed by atoms with E-state index in [0.29, 0.717) is 16.8 Å². The van der Waals surface area contributed by atoms with Crippen LogP contribution in [0.1, 0.15) is 21.9 Å². The second-order valence-corrected chi connectivity index (χ2v) is 7.00. The minimum Gasteiger partial charge on any atom is -0.320 e. The molecule has 2 aromatic heterocycles. The lowest BCUT2D eigenvalue weighted by Crippen LogP contribution is -2.13. The highest BCUT2D eigenvalue weighted by Crippen LogP contribution is 2.26. The number of carbonyl (C=O) groups is 1. The summed E-state index contributed by atoms with van der Waals surface area (Å²) >= 11 is 2.92. The third-order valence-electron chi connectivity index (χ3n) is 3.29. The number of rotatable bonds is 5. The van der Waals surface area contributed by atoms with Crippen LogP contribution in [0.25, 0.3) is 0 Å². The highest BCUT2D eigenvalue weighted by Gasteiger charge is 2.13. The van der Waals surface area contributed by atoms with E-state index in [1.165, 1.54) is 11.3 Å². The van der Waals surface area contributed by atoms with Gasteiger partial charge in [-0.2, -0.15) is 0 Å². The SMILES string of the molecule is CSc1ccccc1NC(=O)c1csc(Nc2nc(C)cc(C)n2)n1. The van der Waals surface area contributed by atoms with Crippen molar-refractivity contribution >= 4 is 45.8 Å². The maximum atomic E-state index is 12.4. The van der Waals surface area contributed by atoms with E-state index < -0.39 is 0 Å². The maximum Gasteiger partial charge on any atom is 0.275 e. The molecule has 0 unspecified atom stereocenters. The number of thioether (sulfide) groups is 1. The van der Waals surface area contributed by atoms with Gasteiger partial charge in [0.2, 0.25) is 5.95 Å². The highest BCUT2D eigenvalue weighted by molar-refractivity contribution is 7.98. The Morgan fingerprint density at radius 1 is 1.12 bits per heavy atom. The Labute approximate surface area is 154 Å². The van der Waals surface area contributed by atoms with E-state index in [4.69, 9.17) is 0 Å². The minimum atomic E-state index is -0.243. The van der Waals surface area contributed by atoms with E-state index in [9.17, 15) is 4.79 Å². The van der Waals surface area contributed by atoms with Crippen LogP contribution in [0.5, 0.6) is 0 Å². The van der Waals surface area contributed by atoms with Gasteiger partial charge in [-0.05, 0) is 38.3 Å². The summed E-state index contributed by atoms with van der Waals surface area (Å²) in [6, 6.07) is 9.57. The fourth-order valence-corrected chi connectivity index (χ4v) is 3.49. The molecule has 0 aliphatic carbocycles. The molecule has 0 radical (unpaired) electrons. The first-order valence-electron chi connectivity index (χ1n) is 7.54. The first-order valence-corrected chi connectivity index (χ1v) is 9.65. The number of para-hydroxylation sites is 1. The van der Waals surface area contributed by atoms with E-state index in [1.54, 1.807) is 17.1 Å². The zero-order chi connectivity index (χ0) is 17.8. The van der Waals surface area contributed by atoms with Crippen molar-refractivity contribution in [3.05, 3.63) is 52.8 Å². The predicted molar refractivity (Wildman–Crippen MR) is 103 cm³/mol. The Morgan fingerprint density at radius 2 is 1.84 bits per heavy atom. The number of hydrogen-bond donors (Lipinski definition) is 2. The maximum absolute atomic E-state index is 12.4. The number of nitrogens with one attached hydrogen (secondary N) is 2. The molecule has 25 heavy (non-hydrogen) atoms. The van der Waals surface area contributed by atoms with Crippen LogP contribution in [0.3, 0.4) is 0 Å². The molecule has 8 heteroatoms. The quantitative estimate of drug-likeness (QED) is 0.652. The van der Waals surface area contributed by atoms with Gasteiger partial charge in [-0.15, -0.1) is 23.1 Å². The molecule has 0 aliphatic rings. The van der Waals surface area contributed by atoms with Gasteiger partial charge in [0.25, 0.3) is 5.91 Å². The number of thiazole rings is 1. The smallest absolute Gasteiger partial charge is 0.275 e. The van der Waals surface area contributed by atoms with Gasteiger partial charge < -0.3 is 10.6 Å². The van der Waals surface area contributed by atoms with Crippen molar-refractivity contribution in [3.63, 3.8) is 0 Å². The molecule has 0 spiro atoms. The van der Waals surface area contributed by atoms with E-state index in [1.807, 2.05) is 50.4 Å². The zero-order valence-corrected chi connectivity index (χ0v) is 15.7. The number of amides is 1. The van der Waals surface area contributed by atoms with Crippen molar-refractivity contribution in [1.82, 2.24) is 15.0 Å². The third-order valence-corrected chi connectivity index (χ3v) is 4.85. The molecule has 0 saturated heterocycles. The fourth-order valence-electron chi connectivity index (χ4n) is 2.25. The fraction of sp³-hybridized carbons (Fsp3) is 0.176. The van der Waals surface area contributed by atoms with Gasteiger partial charge in [0.1, 0.15) is 5.69 Å². The largest absolute Gasteiger partial charge is 0.320 e. The summed E-state index contributed by atoms with van der Waals surface area (Å²) in [5.74, 6) is 0.235. The molecule has 3 aromatic rings. The summed E-state index contributed by atoms with van der Waals surface area (Å²) in [4.78, 5) is 26.4. The minimum absolute atomic E-state index is 0.243. The molecule has 3 rings (SSSR count). The van der Waals surface area contributed by atoms with Crippen LogP contribution in [-0.4, -0.2) is 27.1 Å². The summed E-state index contributed by atoms with van der Waals surface area (Å²) in [6.07, 6.45) is 1.97. The van der Waals surface area contributed by atoms with Crippen molar-refractivity contribution in [3.8, 4) is 0 Å². The summed E-state index contributed by atoms with van der Waals surface area (Å²) in [5.41, 5.74) is 2.88. The summed E-state index contributed by atoms with van der Waals surface area (Å²) in [5, 5.41) is 8.23. The second kappa shape index (κ2) is 7.62. The first kappa shape index (κ1) is 17.4. The third kappa shape index (κ3) is 4.34. The standard InChI is InChI=1S/C17H17N5OS2/c1-10-8-11(2)19-16(18-10)22-17-21-13(9-25-17)15(23)20-12-6-4-5-7-14(12)24-3/h4-9H,1-3H3,(H,20,23)(H,18,19,21,22). The van der Waals surface area contributed by atoms with Gasteiger partial charge in [-0.25, -0.2) is 15.0 Å². The predicted octanol–water partition coefficient (Wildman–Crippen LogP) is 4.27. The van der Waals surface area contributed by atoms with Crippen molar-refractivity contribution in [2.24, 2.45) is 0 Å². The zero-order valence-electron chi connectivity index (χ0n) is 14.0. The van der Waals surface area contributed by atoms with Crippen LogP contribution in [0.2, 0.25) is 0 Å². The van der Waals surface area contributed by atoms with E-state index in [-0.39, 0.29) is 5.91 Å². The second-order valence-electron chi connectivity index (χ2n) is 5.29. The topological polar surface area (TPSA) is 79.8 Å². The molecule has 2 heterocycles. The number of nitrogens with zero attached hydrogens (tertiary/aromatic N) is 3. The molecule has 0 fully saturated rings. The van der Waals surface area contributed by atoms with E-state index >= 15 is 0 Å². The van der Waals surface area contributed by atoms with Crippen LogP contribution in [0.4, 0.5) is 16.8 Å². The van der Waals surface area contributed by atoms with E-state index in [2.05, 4.69) is 25.6 Å². The Balaban J connectivity index is 1.73. The molecule has 6 nitrogen and oxygen atoms in total. The van der Waals surface area contributed by atoms with Gasteiger partial charge >= 0.3 is 0 Å². The molecule has 2 N–H and O–H groups in total. The average Bonchev–Trinajstić information content (AvgIpc) is 3.03. The normalized spacial score (nSPS) is 10.5. The lowest BCUT2D eigenvalue weighted by Gasteiger charge is -2.07.